The van der Waals surface area contributed by atoms with Gasteiger partial charge in [-0.25, -0.2) is 23.1 Å². The van der Waals surface area contributed by atoms with E-state index in [-0.39, 0.29) is 23.3 Å². The highest BCUT2D eigenvalue weighted by molar-refractivity contribution is 7.90. The number of anilines is 1. The quantitative estimate of drug-likeness (QED) is 0.798. The van der Waals surface area contributed by atoms with Crippen molar-refractivity contribution in [2.75, 3.05) is 11.9 Å². The molecule has 8 nitrogen and oxygen atoms in total. The third-order valence-corrected chi connectivity index (χ3v) is 7.30. The minimum absolute atomic E-state index is 0.00365. The van der Waals surface area contributed by atoms with Gasteiger partial charge >= 0.3 is 0 Å². The molecule has 2 N–H and O–H groups in total. The summed E-state index contributed by atoms with van der Waals surface area (Å²) < 4.78 is 27.4. The summed E-state index contributed by atoms with van der Waals surface area (Å²) in [6.45, 7) is 0. The fraction of sp³-hybridized carbons (Fsp3) is 0.562. The van der Waals surface area contributed by atoms with Crippen molar-refractivity contribution in [3.05, 3.63) is 18.6 Å². The zero-order chi connectivity index (χ0) is 17.6. The minimum atomic E-state index is -3.31. The second-order valence-corrected chi connectivity index (χ2v) is 8.86. The molecular formula is C16H20N6O2S. The fourth-order valence-corrected chi connectivity index (χ4v) is 5.50. The van der Waals surface area contributed by atoms with E-state index in [1.807, 2.05) is 19.3 Å². The molecule has 132 valence electrons. The predicted molar refractivity (Wildman–Crippen MR) is 93.3 cm³/mol. The number of rotatable bonds is 6. The Balaban J connectivity index is 1.36. The van der Waals surface area contributed by atoms with E-state index in [0.717, 1.165) is 29.7 Å². The van der Waals surface area contributed by atoms with Crippen molar-refractivity contribution in [3.63, 3.8) is 0 Å². The van der Waals surface area contributed by atoms with Crippen LogP contribution in [0.4, 0.5) is 5.82 Å². The van der Waals surface area contributed by atoms with E-state index in [4.69, 9.17) is 5.26 Å². The minimum Gasteiger partial charge on any atom is -0.356 e. The molecule has 2 atom stereocenters. The third-order valence-electron chi connectivity index (χ3n) is 5.27. The lowest BCUT2D eigenvalue weighted by Gasteiger charge is -2.42. The Hall–Kier alpha value is -2.18. The fourth-order valence-electron chi connectivity index (χ4n) is 3.56. The first-order valence-electron chi connectivity index (χ1n) is 8.38. The van der Waals surface area contributed by atoms with E-state index in [1.165, 1.54) is 6.33 Å². The number of hydrogen-bond donors (Lipinski definition) is 2. The van der Waals surface area contributed by atoms with E-state index < -0.39 is 10.0 Å². The number of aromatic amines is 1. The molecular weight excluding hydrogens is 340 g/mol. The Labute approximate surface area is 146 Å². The van der Waals surface area contributed by atoms with Gasteiger partial charge < -0.3 is 9.88 Å². The number of hydrogen-bond acceptors (Lipinski definition) is 6. The van der Waals surface area contributed by atoms with Gasteiger partial charge in [-0.3, -0.25) is 0 Å². The zero-order valence-electron chi connectivity index (χ0n) is 13.9. The number of aromatic nitrogens is 3. The van der Waals surface area contributed by atoms with Crippen LogP contribution in [0.1, 0.15) is 25.7 Å². The maximum absolute atomic E-state index is 12.3. The molecule has 2 aromatic heterocycles. The Morgan fingerprint density at radius 1 is 1.40 bits per heavy atom. The molecule has 0 bridgehead atoms. The molecule has 0 aliphatic heterocycles. The summed E-state index contributed by atoms with van der Waals surface area (Å²) in [6.07, 6.45) is 5.80. The highest BCUT2D eigenvalue weighted by atomic mass is 32.2. The van der Waals surface area contributed by atoms with Crippen molar-refractivity contribution in [2.45, 2.75) is 43.0 Å². The standard InChI is InChI=1S/C16H20N6O2S/c1-22(16-13-3-5-18-15(13)19-9-20-16)12-7-11(8-12)21-25(23,24)14-6-10(14)2-4-17/h3,5,9-12,14,21H,2,6-8H2,1H3,(H,18,19,20)/t10?,11-,12+,14?. The monoisotopic (exact) mass is 360 g/mol. The van der Waals surface area contributed by atoms with Crippen molar-refractivity contribution in [3.8, 4) is 6.07 Å². The lowest BCUT2D eigenvalue weighted by molar-refractivity contribution is 0.316. The van der Waals surface area contributed by atoms with Crippen LogP contribution in [0.3, 0.4) is 0 Å². The van der Waals surface area contributed by atoms with Crippen LogP contribution in [0, 0.1) is 17.2 Å². The lowest BCUT2D eigenvalue weighted by atomic mass is 9.86. The molecule has 2 aromatic rings. The molecule has 0 amide bonds. The molecule has 9 heteroatoms. The van der Waals surface area contributed by atoms with Crippen LogP contribution in [0.25, 0.3) is 11.0 Å². The Morgan fingerprint density at radius 3 is 2.96 bits per heavy atom. The molecule has 0 saturated heterocycles. The number of nitriles is 1. The molecule has 4 rings (SSSR count). The van der Waals surface area contributed by atoms with E-state index in [1.54, 1.807) is 0 Å². The maximum Gasteiger partial charge on any atom is 0.215 e. The van der Waals surface area contributed by atoms with Gasteiger partial charge in [0.25, 0.3) is 0 Å². The van der Waals surface area contributed by atoms with Crippen LogP contribution < -0.4 is 9.62 Å². The second-order valence-electron chi connectivity index (χ2n) is 6.93. The van der Waals surface area contributed by atoms with Crippen LogP contribution in [-0.4, -0.2) is 47.8 Å². The molecule has 2 aliphatic rings. The van der Waals surface area contributed by atoms with Crippen molar-refractivity contribution in [1.82, 2.24) is 19.7 Å². The van der Waals surface area contributed by atoms with Crippen LogP contribution in [-0.2, 0) is 10.0 Å². The van der Waals surface area contributed by atoms with Gasteiger partial charge in [-0.2, -0.15) is 5.26 Å². The lowest BCUT2D eigenvalue weighted by Crippen LogP contribution is -2.53. The predicted octanol–water partition coefficient (Wildman–Crippen LogP) is 1.15. The van der Waals surface area contributed by atoms with Crippen LogP contribution >= 0.6 is 0 Å². The first-order chi connectivity index (χ1) is 12.0. The number of nitrogens with zero attached hydrogens (tertiary/aromatic N) is 4. The SMILES string of the molecule is CN(c1ncnc2[nH]ccc12)[C@H]1C[C@@H](NS(=O)(=O)C2CC2CC#N)C1. The maximum atomic E-state index is 12.3. The summed E-state index contributed by atoms with van der Waals surface area (Å²) in [6, 6.07) is 4.21. The third kappa shape index (κ3) is 2.96. The van der Waals surface area contributed by atoms with Gasteiger partial charge in [-0.15, -0.1) is 0 Å². The van der Waals surface area contributed by atoms with Gasteiger partial charge in [-0.05, 0) is 31.2 Å². The molecule has 0 radical (unpaired) electrons. The molecule has 0 spiro atoms. The zero-order valence-corrected chi connectivity index (χ0v) is 14.7. The first-order valence-corrected chi connectivity index (χ1v) is 9.93. The van der Waals surface area contributed by atoms with Crippen molar-refractivity contribution < 1.29 is 8.42 Å². The number of H-pyrrole nitrogens is 1. The van der Waals surface area contributed by atoms with Gasteiger partial charge in [0.1, 0.15) is 17.8 Å². The van der Waals surface area contributed by atoms with Crippen LogP contribution in [0.2, 0.25) is 0 Å². The molecule has 0 aromatic carbocycles. The van der Waals surface area contributed by atoms with Gasteiger partial charge in [0.15, 0.2) is 0 Å². The summed E-state index contributed by atoms with van der Waals surface area (Å²) in [4.78, 5) is 13.7. The topological polar surface area (TPSA) is 115 Å². The molecule has 2 heterocycles. The normalized spacial score (nSPS) is 28.3. The number of sulfonamides is 1. The summed E-state index contributed by atoms with van der Waals surface area (Å²) >= 11 is 0. The van der Waals surface area contributed by atoms with Crippen molar-refractivity contribution in [2.24, 2.45) is 5.92 Å². The van der Waals surface area contributed by atoms with Crippen LogP contribution in [0.15, 0.2) is 18.6 Å². The van der Waals surface area contributed by atoms with E-state index in [9.17, 15) is 8.42 Å². The molecule has 2 aliphatic carbocycles. The summed E-state index contributed by atoms with van der Waals surface area (Å²) in [5, 5.41) is 9.26. The average molecular weight is 360 g/mol. The van der Waals surface area contributed by atoms with Gasteiger partial charge in [-0.1, -0.05) is 0 Å². The Morgan fingerprint density at radius 2 is 2.20 bits per heavy atom. The van der Waals surface area contributed by atoms with Crippen LogP contribution in [0.5, 0.6) is 0 Å². The molecule has 25 heavy (non-hydrogen) atoms. The highest BCUT2D eigenvalue weighted by Gasteiger charge is 2.48. The summed E-state index contributed by atoms with van der Waals surface area (Å²) in [7, 11) is -1.33. The molecule has 2 saturated carbocycles. The Kier molecular flexibility index (Phi) is 3.89. The number of fused-ring (bicyclic) bond motifs is 1. The Bertz CT molecular complexity index is 927. The van der Waals surface area contributed by atoms with Gasteiger partial charge in [0, 0.05) is 31.7 Å². The van der Waals surface area contributed by atoms with Gasteiger partial charge in [0.2, 0.25) is 10.0 Å². The number of nitrogens with one attached hydrogen (secondary N) is 2. The van der Waals surface area contributed by atoms with Gasteiger partial charge in [0.05, 0.1) is 16.7 Å². The van der Waals surface area contributed by atoms with Crippen molar-refractivity contribution >= 4 is 26.9 Å². The van der Waals surface area contributed by atoms with E-state index in [2.05, 4.69) is 30.6 Å². The summed E-state index contributed by atoms with van der Waals surface area (Å²) in [5.41, 5.74) is 0.797. The van der Waals surface area contributed by atoms with E-state index in [0.29, 0.717) is 12.8 Å². The average Bonchev–Trinajstić information content (AvgIpc) is 3.17. The van der Waals surface area contributed by atoms with Crippen molar-refractivity contribution in [1.29, 1.82) is 5.26 Å². The molecule has 2 fully saturated rings. The smallest absolute Gasteiger partial charge is 0.215 e. The highest BCUT2D eigenvalue weighted by Crippen LogP contribution is 2.40. The second kappa shape index (κ2) is 5.97. The first kappa shape index (κ1) is 16.3. The molecule has 2 unspecified atom stereocenters. The van der Waals surface area contributed by atoms with E-state index >= 15 is 0 Å². The largest absolute Gasteiger partial charge is 0.356 e. The summed E-state index contributed by atoms with van der Waals surface area (Å²) in [5.74, 6) is 0.859.